The van der Waals surface area contributed by atoms with Crippen molar-refractivity contribution in [3.63, 3.8) is 0 Å². The highest BCUT2D eigenvalue weighted by Crippen LogP contribution is 2.28. The minimum absolute atomic E-state index is 0.0223. The van der Waals surface area contributed by atoms with E-state index in [0.29, 0.717) is 23.6 Å². The van der Waals surface area contributed by atoms with Crippen LogP contribution >= 0.6 is 0 Å². The van der Waals surface area contributed by atoms with Crippen LogP contribution in [-0.2, 0) is 4.79 Å². The molecule has 0 saturated heterocycles. The third-order valence-corrected chi connectivity index (χ3v) is 6.37. The number of hydrogen-bond donors (Lipinski definition) is 3. The fourth-order valence-electron chi connectivity index (χ4n) is 4.65. The van der Waals surface area contributed by atoms with Crippen molar-refractivity contribution in [2.24, 2.45) is 0 Å². The van der Waals surface area contributed by atoms with Gasteiger partial charge in [0, 0.05) is 18.3 Å². The van der Waals surface area contributed by atoms with Crippen molar-refractivity contribution in [3.05, 3.63) is 78.0 Å². The molecule has 1 unspecified atom stereocenters. The van der Waals surface area contributed by atoms with Gasteiger partial charge < -0.3 is 25.0 Å². The summed E-state index contributed by atoms with van der Waals surface area (Å²) in [5.74, 6) is 0.113. The minimum Gasteiger partial charge on any atom is -0.494 e. The summed E-state index contributed by atoms with van der Waals surface area (Å²) < 4.78 is 5.55. The third-order valence-electron chi connectivity index (χ3n) is 6.37. The van der Waals surface area contributed by atoms with Crippen LogP contribution in [0.2, 0.25) is 0 Å². The van der Waals surface area contributed by atoms with Gasteiger partial charge in [-0.25, -0.2) is 0 Å². The molecule has 3 N–H and O–H groups in total. The maximum absolute atomic E-state index is 13.7. The lowest BCUT2D eigenvalue weighted by molar-refractivity contribution is -0.126. The van der Waals surface area contributed by atoms with Gasteiger partial charge in [-0.05, 0) is 55.2 Å². The molecule has 3 aromatic rings. The molecule has 184 valence electrons. The van der Waals surface area contributed by atoms with E-state index in [0.717, 1.165) is 36.9 Å². The summed E-state index contributed by atoms with van der Waals surface area (Å²) in [5, 5.41) is 13.0. The maximum Gasteiger partial charge on any atom is 0.271 e. The van der Waals surface area contributed by atoms with Gasteiger partial charge in [-0.2, -0.15) is 0 Å². The molecule has 7 heteroatoms. The topological polar surface area (TPSA) is 94.7 Å². The van der Waals surface area contributed by atoms with Crippen LogP contribution in [0.5, 0.6) is 5.75 Å². The molecular formula is C28H33N3O4. The van der Waals surface area contributed by atoms with Crippen molar-refractivity contribution >= 4 is 11.8 Å². The van der Waals surface area contributed by atoms with Crippen LogP contribution in [-0.4, -0.2) is 52.6 Å². The van der Waals surface area contributed by atoms with Crippen LogP contribution in [0.1, 0.15) is 54.7 Å². The van der Waals surface area contributed by atoms with Gasteiger partial charge in [0.25, 0.3) is 5.91 Å². The number of aliphatic hydroxyl groups excluding tert-OH is 1. The van der Waals surface area contributed by atoms with Crippen LogP contribution in [0.4, 0.5) is 0 Å². The van der Waals surface area contributed by atoms with Crippen molar-refractivity contribution in [2.45, 2.75) is 44.7 Å². The first-order valence-corrected chi connectivity index (χ1v) is 12.3. The standard InChI is InChI=1S/C28H33N3O4/c1-2-35-23-14-12-21(13-15-23)26(27(33)29-22-10-6-7-11-22)31(18-19-32)28(34)25-17-16-24(30-25)20-8-4-3-5-9-20/h3-5,8-9,12-17,22,26,30,32H,2,6-7,10-11,18-19H2,1H3,(H,29,33). The highest BCUT2D eigenvalue weighted by atomic mass is 16.5. The van der Waals surface area contributed by atoms with E-state index in [1.54, 1.807) is 18.2 Å². The SMILES string of the molecule is CCOc1ccc(C(C(=O)NC2CCCC2)N(CCO)C(=O)c2ccc(-c3ccccc3)[nH]2)cc1. The third kappa shape index (κ3) is 5.92. The number of aromatic amines is 1. The number of aliphatic hydroxyl groups is 1. The Morgan fingerprint density at radius 3 is 2.43 bits per heavy atom. The lowest BCUT2D eigenvalue weighted by Gasteiger charge is -2.31. The average molecular weight is 476 g/mol. The molecule has 1 atom stereocenters. The molecule has 0 spiro atoms. The van der Waals surface area contributed by atoms with Gasteiger partial charge in [0.15, 0.2) is 0 Å². The summed E-state index contributed by atoms with van der Waals surface area (Å²) in [6.07, 6.45) is 4.05. The van der Waals surface area contributed by atoms with Crippen LogP contribution < -0.4 is 10.1 Å². The van der Waals surface area contributed by atoms with Gasteiger partial charge in [0.05, 0.1) is 13.2 Å². The number of hydrogen-bond acceptors (Lipinski definition) is 4. The Kier molecular flexibility index (Phi) is 8.21. The molecule has 0 aliphatic heterocycles. The second-order valence-electron chi connectivity index (χ2n) is 8.77. The maximum atomic E-state index is 13.7. The van der Waals surface area contributed by atoms with Crippen molar-refractivity contribution in [1.82, 2.24) is 15.2 Å². The Bertz CT molecular complexity index is 1100. The molecule has 4 rings (SSSR count). The Morgan fingerprint density at radius 1 is 1.06 bits per heavy atom. The Balaban J connectivity index is 1.65. The van der Waals surface area contributed by atoms with E-state index in [-0.39, 0.29) is 31.0 Å². The average Bonchev–Trinajstić information content (AvgIpc) is 3.58. The summed E-state index contributed by atoms with van der Waals surface area (Å²) >= 11 is 0. The number of carbonyl (C=O) groups is 2. The first kappa shape index (κ1) is 24.5. The van der Waals surface area contributed by atoms with E-state index in [1.165, 1.54) is 4.90 Å². The quantitative estimate of drug-likeness (QED) is 0.407. The number of benzene rings is 2. The van der Waals surface area contributed by atoms with Gasteiger partial charge in [0.1, 0.15) is 17.5 Å². The van der Waals surface area contributed by atoms with Gasteiger partial charge in [-0.1, -0.05) is 55.3 Å². The first-order chi connectivity index (χ1) is 17.1. The number of nitrogens with one attached hydrogen (secondary N) is 2. The number of aromatic nitrogens is 1. The molecular weight excluding hydrogens is 442 g/mol. The van der Waals surface area contributed by atoms with Crippen LogP contribution in [0.3, 0.4) is 0 Å². The van der Waals surface area contributed by atoms with Crippen molar-refractivity contribution in [1.29, 1.82) is 0 Å². The molecule has 7 nitrogen and oxygen atoms in total. The Labute approximate surface area is 206 Å². The molecule has 1 aliphatic rings. The zero-order valence-corrected chi connectivity index (χ0v) is 20.1. The summed E-state index contributed by atoms with van der Waals surface area (Å²) in [6.45, 7) is 2.21. The molecule has 1 heterocycles. The predicted octanol–water partition coefficient (Wildman–Crippen LogP) is 4.32. The van der Waals surface area contributed by atoms with Crippen LogP contribution in [0.15, 0.2) is 66.7 Å². The van der Waals surface area contributed by atoms with E-state index in [2.05, 4.69) is 10.3 Å². The molecule has 35 heavy (non-hydrogen) atoms. The highest BCUT2D eigenvalue weighted by Gasteiger charge is 2.34. The lowest BCUT2D eigenvalue weighted by Crippen LogP contribution is -2.47. The normalized spacial score (nSPS) is 14.5. The summed E-state index contributed by atoms with van der Waals surface area (Å²) in [7, 11) is 0. The first-order valence-electron chi connectivity index (χ1n) is 12.3. The van der Waals surface area contributed by atoms with Gasteiger partial charge in [-0.3, -0.25) is 9.59 Å². The number of amides is 2. The number of H-pyrrole nitrogens is 1. The number of nitrogens with zero attached hydrogens (tertiary/aromatic N) is 1. The number of rotatable bonds is 10. The molecule has 0 bridgehead atoms. The minimum atomic E-state index is -0.880. The smallest absolute Gasteiger partial charge is 0.271 e. The molecule has 1 aromatic heterocycles. The fourth-order valence-corrected chi connectivity index (χ4v) is 4.65. The summed E-state index contributed by atoms with van der Waals surface area (Å²) in [6, 6.07) is 19.8. The van der Waals surface area contributed by atoms with E-state index in [4.69, 9.17) is 4.74 Å². The summed E-state index contributed by atoms with van der Waals surface area (Å²) in [5.41, 5.74) is 2.80. The van der Waals surface area contributed by atoms with E-state index >= 15 is 0 Å². The van der Waals surface area contributed by atoms with Gasteiger partial charge >= 0.3 is 0 Å². The summed E-state index contributed by atoms with van der Waals surface area (Å²) in [4.78, 5) is 31.9. The van der Waals surface area contributed by atoms with E-state index in [1.807, 2.05) is 55.5 Å². The largest absolute Gasteiger partial charge is 0.494 e. The molecule has 1 fully saturated rings. The zero-order chi connectivity index (χ0) is 24.6. The van der Waals surface area contributed by atoms with Gasteiger partial charge in [0.2, 0.25) is 5.91 Å². The molecule has 0 radical (unpaired) electrons. The van der Waals surface area contributed by atoms with Crippen LogP contribution in [0, 0.1) is 0 Å². The van der Waals surface area contributed by atoms with Crippen molar-refractivity contribution < 1.29 is 19.4 Å². The Hall–Kier alpha value is -3.58. The van der Waals surface area contributed by atoms with Gasteiger partial charge in [-0.15, -0.1) is 0 Å². The number of carbonyl (C=O) groups excluding carboxylic acids is 2. The van der Waals surface area contributed by atoms with Crippen molar-refractivity contribution in [2.75, 3.05) is 19.8 Å². The molecule has 2 aromatic carbocycles. The monoisotopic (exact) mass is 475 g/mol. The second-order valence-corrected chi connectivity index (χ2v) is 8.77. The second kappa shape index (κ2) is 11.7. The molecule has 2 amide bonds. The highest BCUT2D eigenvalue weighted by molar-refractivity contribution is 5.97. The van der Waals surface area contributed by atoms with Crippen LogP contribution in [0.25, 0.3) is 11.3 Å². The zero-order valence-electron chi connectivity index (χ0n) is 20.1. The molecule has 1 saturated carbocycles. The van der Waals surface area contributed by atoms with E-state index in [9.17, 15) is 14.7 Å². The van der Waals surface area contributed by atoms with Crippen molar-refractivity contribution in [3.8, 4) is 17.0 Å². The fraction of sp³-hybridized carbons (Fsp3) is 0.357. The van der Waals surface area contributed by atoms with E-state index < -0.39 is 6.04 Å². The Morgan fingerprint density at radius 2 is 1.77 bits per heavy atom. The predicted molar refractivity (Wildman–Crippen MR) is 135 cm³/mol. The molecule has 1 aliphatic carbocycles. The number of ether oxygens (including phenoxy) is 1. The lowest BCUT2D eigenvalue weighted by atomic mass is 10.0.